The lowest BCUT2D eigenvalue weighted by atomic mass is 10.2. The summed E-state index contributed by atoms with van der Waals surface area (Å²) in [5.41, 5.74) is 1.54. The number of rotatable bonds is 5. The topological polar surface area (TPSA) is 64.1 Å². The van der Waals surface area contributed by atoms with Gasteiger partial charge in [-0.15, -0.1) is 0 Å². The van der Waals surface area contributed by atoms with Gasteiger partial charge in [-0.1, -0.05) is 28.1 Å². The van der Waals surface area contributed by atoms with Crippen LogP contribution >= 0.6 is 15.9 Å². The van der Waals surface area contributed by atoms with Crippen LogP contribution in [-0.2, 0) is 11.3 Å². The minimum absolute atomic E-state index is 0.167. The van der Waals surface area contributed by atoms with E-state index >= 15 is 0 Å². The van der Waals surface area contributed by atoms with Crippen molar-refractivity contribution in [1.29, 1.82) is 0 Å². The maximum Gasteiger partial charge on any atom is 0.258 e. The maximum atomic E-state index is 12.8. The van der Waals surface area contributed by atoms with Crippen molar-refractivity contribution < 1.29 is 13.9 Å². The Morgan fingerprint density at radius 3 is 2.75 bits per heavy atom. The quantitative estimate of drug-likeness (QED) is 0.727. The molecule has 0 spiro atoms. The Morgan fingerprint density at radius 2 is 1.96 bits per heavy atom. The normalized spacial score (nSPS) is 10.6. The van der Waals surface area contributed by atoms with Crippen LogP contribution in [0, 0.1) is 5.82 Å². The summed E-state index contributed by atoms with van der Waals surface area (Å²) >= 11 is 3.39. The Kier molecular flexibility index (Phi) is 5.00. The van der Waals surface area contributed by atoms with Crippen molar-refractivity contribution in [3.8, 4) is 5.88 Å². The van der Waals surface area contributed by atoms with Crippen LogP contribution in [0.15, 0.2) is 53.3 Å². The van der Waals surface area contributed by atoms with Crippen molar-refractivity contribution in [3.05, 3.63) is 64.6 Å². The molecule has 0 aliphatic carbocycles. The van der Waals surface area contributed by atoms with Crippen LogP contribution < -0.4 is 10.1 Å². The fourth-order valence-electron chi connectivity index (χ4n) is 2.11. The van der Waals surface area contributed by atoms with Crippen molar-refractivity contribution in [2.24, 2.45) is 0 Å². The lowest BCUT2D eigenvalue weighted by molar-refractivity contribution is -0.123. The predicted octanol–water partition coefficient (Wildman–Crippen LogP) is 3.23. The zero-order valence-electron chi connectivity index (χ0n) is 12.5. The van der Waals surface area contributed by atoms with Gasteiger partial charge in [0.25, 0.3) is 5.91 Å². The third-order valence-electron chi connectivity index (χ3n) is 3.30. The van der Waals surface area contributed by atoms with Crippen LogP contribution in [0.2, 0.25) is 0 Å². The van der Waals surface area contributed by atoms with Gasteiger partial charge in [0.2, 0.25) is 5.88 Å². The minimum Gasteiger partial charge on any atom is -0.467 e. The van der Waals surface area contributed by atoms with Gasteiger partial charge in [0, 0.05) is 11.0 Å². The van der Waals surface area contributed by atoms with Crippen molar-refractivity contribution in [3.63, 3.8) is 0 Å². The van der Waals surface area contributed by atoms with E-state index < -0.39 is 0 Å². The SMILES string of the molecule is O=C(COc1ncnc2ccc(Br)cc12)NCc1ccc(F)cc1. The second-order valence-electron chi connectivity index (χ2n) is 5.03. The molecule has 3 aromatic rings. The van der Waals surface area contributed by atoms with E-state index in [1.807, 2.05) is 18.2 Å². The molecule has 0 saturated heterocycles. The number of amides is 1. The molecule has 0 aliphatic rings. The first kappa shape index (κ1) is 16.3. The van der Waals surface area contributed by atoms with Crippen molar-refractivity contribution in [2.75, 3.05) is 6.61 Å². The Balaban J connectivity index is 1.60. The summed E-state index contributed by atoms with van der Waals surface area (Å²) in [5.74, 6) is -0.255. The van der Waals surface area contributed by atoms with E-state index in [4.69, 9.17) is 4.74 Å². The molecule has 1 heterocycles. The third kappa shape index (κ3) is 4.05. The first-order chi connectivity index (χ1) is 11.6. The number of benzene rings is 2. The molecule has 1 N–H and O–H groups in total. The number of carbonyl (C=O) groups excluding carboxylic acids is 1. The molecule has 5 nitrogen and oxygen atoms in total. The highest BCUT2D eigenvalue weighted by Gasteiger charge is 2.08. The molecule has 0 fully saturated rings. The largest absolute Gasteiger partial charge is 0.467 e. The van der Waals surface area contributed by atoms with Crippen LogP contribution in [0.4, 0.5) is 4.39 Å². The number of aromatic nitrogens is 2. The maximum absolute atomic E-state index is 12.8. The van der Waals surface area contributed by atoms with Gasteiger partial charge in [-0.2, -0.15) is 0 Å². The van der Waals surface area contributed by atoms with Crippen LogP contribution in [0.25, 0.3) is 10.9 Å². The van der Waals surface area contributed by atoms with Crippen molar-refractivity contribution in [1.82, 2.24) is 15.3 Å². The van der Waals surface area contributed by atoms with Gasteiger partial charge in [-0.05, 0) is 35.9 Å². The second-order valence-corrected chi connectivity index (χ2v) is 5.95. The van der Waals surface area contributed by atoms with Crippen LogP contribution in [0.1, 0.15) is 5.56 Å². The summed E-state index contributed by atoms with van der Waals surface area (Å²) in [6.07, 6.45) is 1.39. The van der Waals surface area contributed by atoms with Crippen LogP contribution in [0.5, 0.6) is 5.88 Å². The zero-order chi connectivity index (χ0) is 16.9. The first-order valence-corrected chi connectivity index (χ1v) is 7.95. The molecule has 1 aromatic heterocycles. The van der Waals surface area contributed by atoms with E-state index in [-0.39, 0.29) is 18.3 Å². The number of ether oxygens (including phenoxy) is 1. The Bertz CT molecular complexity index is 871. The Hall–Kier alpha value is -2.54. The first-order valence-electron chi connectivity index (χ1n) is 7.16. The molecular formula is C17H13BrFN3O2. The number of halogens is 2. The monoisotopic (exact) mass is 389 g/mol. The van der Waals surface area contributed by atoms with Gasteiger partial charge < -0.3 is 10.1 Å². The number of nitrogens with one attached hydrogen (secondary N) is 1. The van der Waals surface area contributed by atoms with Crippen molar-refractivity contribution in [2.45, 2.75) is 6.54 Å². The highest BCUT2D eigenvalue weighted by Crippen LogP contribution is 2.24. The lowest BCUT2D eigenvalue weighted by Crippen LogP contribution is -2.28. The van der Waals surface area contributed by atoms with Gasteiger partial charge >= 0.3 is 0 Å². The molecule has 2 aromatic carbocycles. The van der Waals surface area contributed by atoms with E-state index in [0.29, 0.717) is 12.4 Å². The van der Waals surface area contributed by atoms with E-state index in [2.05, 4.69) is 31.2 Å². The molecule has 0 unspecified atom stereocenters. The summed E-state index contributed by atoms with van der Waals surface area (Å²) in [6.45, 7) is 0.137. The predicted molar refractivity (Wildman–Crippen MR) is 91.0 cm³/mol. The highest BCUT2D eigenvalue weighted by molar-refractivity contribution is 9.10. The molecule has 0 radical (unpaired) electrons. The number of hydrogen-bond acceptors (Lipinski definition) is 4. The van der Waals surface area contributed by atoms with Crippen molar-refractivity contribution >= 4 is 32.7 Å². The van der Waals surface area contributed by atoms with Gasteiger partial charge in [0.15, 0.2) is 6.61 Å². The zero-order valence-corrected chi connectivity index (χ0v) is 14.1. The standard InChI is InChI=1S/C17H13BrFN3O2/c18-12-3-6-15-14(7-12)17(22-10-21-15)24-9-16(23)20-8-11-1-4-13(19)5-2-11/h1-7,10H,8-9H2,(H,20,23). The summed E-state index contributed by atoms with van der Waals surface area (Å²) < 4.78 is 19.2. The molecule has 7 heteroatoms. The second kappa shape index (κ2) is 7.35. The average Bonchev–Trinajstić information content (AvgIpc) is 2.59. The lowest BCUT2D eigenvalue weighted by Gasteiger charge is -2.09. The molecule has 1 amide bonds. The van der Waals surface area contributed by atoms with E-state index in [1.165, 1.54) is 18.5 Å². The Morgan fingerprint density at radius 1 is 1.17 bits per heavy atom. The molecule has 0 saturated carbocycles. The molecular weight excluding hydrogens is 377 g/mol. The molecule has 24 heavy (non-hydrogen) atoms. The van der Waals surface area contributed by atoms with Crippen LogP contribution in [0.3, 0.4) is 0 Å². The molecule has 0 atom stereocenters. The van der Waals surface area contributed by atoms with Gasteiger partial charge in [-0.25, -0.2) is 14.4 Å². The highest BCUT2D eigenvalue weighted by atomic mass is 79.9. The van der Waals surface area contributed by atoms with E-state index in [0.717, 1.165) is 20.9 Å². The summed E-state index contributed by atoms with van der Waals surface area (Å²) in [6, 6.07) is 11.5. The number of hydrogen-bond donors (Lipinski definition) is 1. The third-order valence-corrected chi connectivity index (χ3v) is 3.80. The molecule has 122 valence electrons. The smallest absolute Gasteiger partial charge is 0.258 e. The molecule has 0 aliphatic heterocycles. The molecule has 0 bridgehead atoms. The summed E-state index contributed by atoms with van der Waals surface area (Å²) in [4.78, 5) is 20.1. The van der Waals surface area contributed by atoms with Gasteiger partial charge in [0.1, 0.15) is 12.1 Å². The average molecular weight is 390 g/mol. The van der Waals surface area contributed by atoms with Gasteiger partial charge in [0.05, 0.1) is 10.9 Å². The Labute approximate surface area is 146 Å². The number of nitrogens with zero attached hydrogens (tertiary/aromatic N) is 2. The summed E-state index contributed by atoms with van der Waals surface area (Å²) in [7, 11) is 0. The molecule has 3 rings (SSSR count). The minimum atomic E-state index is -0.310. The number of carbonyl (C=O) groups is 1. The fourth-order valence-corrected chi connectivity index (χ4v) is 2.47. The number of fused-ring (bicyclic) bond motifs is 1. The van der Waals surface area contributed by atoms with E-state index in [1.54, 1.807) is 12.1 Å². The fraction of sp³-hybridized carbons (Fsp3) is 0.118. The van der Waals surface area contributed by atoms with Crippen LogP contribution in [-0.4, -0.2) is 22.5 Å². The van der Waals surface area contributed by atoms with Gasteiger partial charge in [-0.3, -0.25) is 4.79 Å². The van der Waals surface area contributed by atoms with E-state index in [9.17, 15) is 9.18 Å². The summed E-state index contributed by atoms with van der Waals surface area (Å²) in [5, 5.41) is 3.43.